The van der Waals surface area contributed by atoms with Crippen molar-refractivity contribution in [3.63, 3.8) is 0 Å². The zero-order chi connectivity index (χ0) is 21.3. The fourth-order valence-corrected chi connectivity index (χ4v) is 4.73. The van der Waals surface area contributed by atoms with Crippen LogP contribution in [0.4, 0.5) is 4.79 Å². The lowest BCUT2D eigenvalue weighted by atomic mass is 9.68. The van der Waals surface area contributed by atoms with E-state index in [0.717, 1.165) is 48.7 Å². The van der Waals surface area contributed by atoms with Crippen LogP contribution >= 0.6 is 11.6 Å². The van der Waals surface area contributed by atoms with Crippen LogP contribution in [0.5, 0.6) is 0 Å². The molecule has 0 spiro atoms. The number of nitrogens with zero attached hydrogens (tertiary/aromatic N) is 2. The highest BCUT2D eigenvalue weighted by atomic mass is 35.5. The van der Waals surface area contributed by atoms with Gasteiger partial charge in [0.25, 0.3) is 0 Å². The second-order valence-corrected chi connectivity index (χ2v) is 9.07. The minimum Gasteiger partial charge on any atom is -0.395 e. The minimum absolute atomic E-state index is 0.0277. The normalized spacial score (nSPS) is 20.6. The molecule has 2 fully saturated rings. The summed E-state index contributed by atoms with van der Waals surface area (Å²) >= 11 is 6.04. The first-order valence-electron chi connectivity index (χ1n) is 10.6. The molecule has 1 aromatic carbocycles. The number of fused-ring (bicyclic) bond motifs is 1. The van der Waals surface area contributed by atoms with E-state index in [2.05, 4.69) is 10.3 Å². The third-order valence-corrected chi connectivity index (χ3v) is 6.92. The van der Waals surface area contributed by atoms with E-state index in [4.69, 9.17) is 11.6 Å². The van der Waals surface area contributed by atoms with Gasteiger partial charge in [0.05, 0.1) is 24.6 Å². The van der Waals surface area contributed by atoms with E-state index in [0.29, 0.717) is 24.7 Å². The number of benzene rings is 1. The number of hydrogen-bond acceptors (Lipinski definition) is 3. The van der Waals surface area contributed by atoms with Crippen molar-refractivity contribution in [2.24, 2.45) is 5.41 Å². The number of rotatable bonds is 5. The van der Waals surface area contributed by atoms with E-state index >= 15 is 0 Å². The van der Waals surface area contributed by atoms with Crippen LogP contribution in [0.15, 0.2) is 24.3 Å². The Morgan fingerprint density at radius 3 is 2.83 bits per heavy atom. The van der Waals surface area contributed by atoms with Crippen molar-refractivity contribution in [2.45, 2.75) is 44.7 Å². The number of aliphatic hydroxyl groups is 1. The topological polar surface area (TPSA) is 88.7 Å². The fourth-order valence-electron chi connectivity index (χ4n) is 4.55. The summed E-state index contributed by atoms with van der Waals surface area (Å²) in [5, 5.41) is 14.4. The van der Waals surface area contributed by atoms with Crippen LogP contribution in [-0.2, 0) is 11.3 Å². The van der Waals surface area contributed by atoms with E-state index in [1.807, 2.05) is 29.2 Å². The summed E-state index contributed by atoms with van der Waals surface area (Å²) in [6.45, 7) is 1.52. The molecule has 3 N–H and O–H groups in total. The number of aliphatic hydroxyl groups excluding tert-OH is 1. The maximum atomic E-state index is 12.9. The summed E-state index contributed by atoms with van der Waals surface area (Å²) in [7, 11) is 1.78. The molecule has 8 heteroatoms. The molecular formula is C22H29ClN4O3. The molecule has 7 nitrogen and oxygen atoms in total. The van der Waals surface area contributed by atoms with Crippen LogP contribution in [-0.4, -0.2) is 64.6 Å². The van der Waals surface area contributed by atoms with Crippen molar-refractivity contribution in [3.05, 3.63) is 35.0 Å². The van der Waals surface area contributed by atoms with E-state index in [1.165, 1.54) is 0 Å². The number of piperidine rings is 1. The van der Waals surface area contributed by atoms with Crippen molar-refractivity contribution < 1.29 is 14.7 Å². The first kappa shape index (κ1) is 21.0. The monoisotopic (exact) mass is 432 g/mol. The number of aromatic nitrogens is 1. The number of aromatic amines is 1. The summed E-state index contributed by atoms with van der Waals surface area (Å²) < 4.78 is 0. The van der Waals surface area contributed by atoms with E-state index in [9.17, 15) is 14.7 Å². The number of likely N-dealkylation sites (N-methyl/N-ethyl adjacent to an activating group) is 1. The number of nitrogens with one attached hydrogen (secondary N) is 2. The molecule has 1 aliphatic carbocycles. The highest BCUT2D eigenvalue weighted by molar-refractivity contribution is 6.31. The van der Waals surface area contributed by atoms with Crippen LogP contribution in [0.2, 0.25) is 5.02 Å². The van der Waals surface area contributed by atoms with Gasteiger partial charge in [0.15, 0.2) is 0 Å². The van der Waals surface area contributed by atoms with Gasteiger partial charge < -0.3 is 25.2 Å². The molecule has 0 unspecified atom stereocenters. The Balaban J connectivity index is 1.34. The molecule has 1 aliphatic heterocycles. The number of halogens is 1. The Morgan fingerprint density at radius 2 is 2.13 bits per heavy atom. The van der Waals surface area contributed by atoms with E-state index < -0.39 is 5.41 Å². The molecular weight excluding hydrogens is 404 g/mol. The average Bonchev–Trinajstić information content (AvgIpc) is 3.13. The summed E-state index contributed by atoms with van der Waals surface area (Å²) in [6.07, 6.45) is 4.24. The molecule has 2 aromatic rings. The number of carbonyl (C=O) groups excluding carboxylic acids is 2. The third-order valence-electron chi connectivity index (χ3n) is 6.69. The van der Waals surface area contributed by atoms with Crippen LogP contribution in [0.3, 0.4) is 0 Å². The molecule has 4 rings (SSSR count). The number of amides is 3. The number of H-pyrrole nitrogens is 1. The van der Waals surface area contributed by atoms with Crippen LogP contribution in [0, 0.1) is 5.41 Å². The molecule has 1 saturated carbocycles. The molecule has 1 saturated heterocycles. The van der Waals surface area contributed by atoms with E-state index in [-0.39, 0.29) is 24.6 Å². The third kappa shape index (κ3) is 4.01. The number of likely N-dealkylation sites (tertiary alicyclic amines) is 1. The van der Waals surface area contributed by atoms with Gasteiger partial charge in [0, 0.05) is 41.8 Å². The number of urea groups is 1. The summed E-state index contributed by atoms with van der Waals surface area (Å²) in [5.41, 5.74) is 1.30. The van der Waals surface area contributed by atoms with Gasteiger partial charge in [-0.3, -0.25) is 4.79 Å². The molecule has 162 valence electrons. The van der Waals surface area contributed by atoms with Gasteiger partial charge in [0.2, 0.25) is 5.91 Å². The lowest BCUT2D eigenvalue weighted by Gasteiger charge is -2.45. The Morgan fingerprint density at radius 1 is 1.33 bits per heavy atom. The highest BCUT2D eigenvalue weighted by Crippen LogP contribution is 2.42. The van der Waals surface area contributed by atoms with Crippen molar-refractivity contribution in [2.75, 3.05) is 26.7 Å². The second-order valence-electron chi connectivity index (χ2n) is 8.63. The van der Waals surface area contributed by atoms with Crippen LogP contribution in [0.1, 0.15) is 37.8 Å². The van der Waals surface area contributed by atoms with Gasteiger partial charge in [0.1, 0.15) is 0 Å². The lowest BCUT2D eigenvalue weighted by Crippen LogP contribution is -2.57. The van der Waals surface area contributed by atoms with Crippen molar-refractivity contribution in [1.29, 1.82) is 0 Å². The summed E-state index contributed by atoms with van der Waals surface area (Å²) in [4.78, 5) is 32.5. The first-order valence-corrected chi connectivity index (χ1v) is 11.0. The lowest BCUT2D eigenvalue weighted by molar-refractivity contribution is -0.152. The molecule has 30 heavy (non-hydrogen) atoms. The second kappa shape index (κ2) is 8.47. The minimum atomic E-state index is -0.582. The van der Waals surface area contributed by atoms with Gasteiger partial charge >= 0.3 is 6.03 Å². The van der Waals surface area contributed by atoms with Gasteiger partial charge in [-0.25, -0.2) is 4.79 Å². The van der Waals surface area contributed by atoms with Gasteiger partial charge in [-0.1, -0.05) is 18.0 Å². The van der Waals surface area contributed by atoms with Crippen molar-refractivity contribution in [3.8, 4) is 0 Å². The smallest absolute Gasteiger partial charge is 0.317 e. The number of hydrogen-bond donors (Lipinski definition) is 3. The predicted octanol–water partition coefficient (Wildman–Crippen LogP) is 3.12. The maximum Gasteiger partial charge on any atom is 0.317 e. The Hall–Kier alpha value is -2.25. The molecule has 1 atom stereocenters. The predicted molar refractivity (Wildman–Crippen MR) is 116 cm³/mol. The highest BCUT2D eigenvalue weighted by Gasteiger charge is 2.46. The quantitative estimate of drug-likeness (QED) is 0.678. The maximum absolute atomic E-state index is 12.9. The largest absolute Gasteiger partial charge is 0.395 e. The molecule has 0 radical (unpaired) electrons. The average molecular weight is 433 g/mol. The molecule has 0 bridgehead atoms. The molecule has 1 aromatic heterocycles. The first-order chi connectivity index (χ1) is 14.4. The summed E-state index contributed by atoms with van der Waals surface area (Å²) in [6, 6.07) is 7.43. The van der Waals surface area contributed by atoms with Crippen LogP contribution in [0.25, 0.3) is 10.9 Å². The zero-order valence-corrected chi connectivity index (χ0v) is 18.0. The van der Waals surface area contributed by atoms with Gasteiger partial charge in [-0.15, -0.1) is 0 Å². The van der Waals surface area contributed by atoms with E-state index in [1.54, 1.807) is 11.9 Å². The van der Waals surface area contributed by atoms with Crippen molar-refractivity contribution >= 4 is 34.4 Å². The van der Waals surface area contributed by atoms with Crippen molar-refractivity contribution in [1.82, 2.24) is 20.1 Å². The Bertz CT molecular complexity index is 934. The number of carbonyl (C=O) groups is 2. The standard InChI is InChI=1S/C22H29ClN4O3/c1-26(18-4-2-9-27(13-18)20(29)22(14-28)7-3-8-22)21(30)24-12-17-11-15-10-16(23)5-6-19(15)25-17/h5-6,10-11,18,25,28H,2-4,7-9,12-14H2,1H3,(H,24,30)/t18-/m1/s1. The Kier molecular flexibility index (Phi) is 5.93. The van der Waals surface area contributed by atoms with Gasteiger partial charge in [-0.2, -0.15) is 0 Å². The SMILES string of the molecule is CN(C(=O)NCc1cc2cc(Cl)ccc2[nH]1)[C@@H]1CCCN(C(=O)C2(CO)CCC2)C1. The van der Waals surface area contributed by atoms with Gasteiger partial charge in [-0.05, 0) is 49.9 Å². The zero-order valence-electron chi connectivity index (χ0n) is 17.3. The van der Waals surface area contributed by atoms with Crippen LogP contribution < -0.4 is 5.32 Å². The Labute approximate surface area is 181 Å². The summed E-state index contributed by atoms with van der Waals surface area (Å²) in [5.74, 6) is 0.0477. The molecule has 3 amide bonds. The molecule has 2 heterocycles. The molecule has 2 aliphatic rings. The fraction of sp³-hybridized carbons (Fsp3) is 0.545.